The lowest BCUT2D eigenvalue weighted by atomic mass is 10.1. The normalized spacial score (nSPS) is 11.3. The second-order valence-electron chi connectivity index (χ2n) is 3.79. The van der Waals surface area contributed by atoms with Gasteiger partial charge in [-0.25, -0.2) is 0 Å². The molecule has 0 aliphatic heterocycles. The fourth-order valence-corrected chi connectivity index (χ4v) is 1.27. The maximum atomic E-state index is 11.2. The van der Waals surface area contributed by atoms with Crippen LogP contribution in [0.5, 0.6) is 0 Å². The Morgan fingerprint density at radius 3 is 2.50 bits per heavy atom. The zero-order chi connectivity index (χ0) is 12.0. The monoisotopic (exact) mass is 218 g/mol. The number of hydrogen-bond donors (Lipinski definition) is 1. The van der Waals surface area contributed by atoms with Crippen molar-refractivity contribution < 1.29 is 4.79 Å². The molecule has 0 atom stereocenters. The minimum atomic E-state index is 0.0800. The van der Waals surface area contributed by atoms with Gasteiger partial charge >= 0.3 is 0 Å². The summed E-state index contributed by atoms with van der Waals surface area (Å²) in [5, 5.41) is 4.03. The van der Waals surface area contributed by atoms with Gasteiger partial charge in [-0.15, -0.1) is 0 Å². The van der Waals surface area contributed by atoms with Crippen LogP contribution >= 0.6 is 0 Å². The van der Waals surface area contributed by atoms with E-state index in [1.807, 2.05) is 6.92 Å². The number of ketones is 1. The molecule has 1 aromatic rings. The fraction of sp³-hybridized carbons (Fsp3) is 0.385. The Labute approximate surface area is 96.6 Å². The topological polar surface area (TPSA) is 41.5 Å². The number of nitrogens with one attached hydrogen (secondary N) is 1. The van der Waals surface area contributed by atoms with Crippen LogP contribution in [-0.4, -0.2) is 11.5 Å². The quantitative estimate of drug-likeness (QED) is 0.609. The minimum absolute atomic E-state index is 0.0800. The van der Waals surface area contributed by atoms with E-state index in [4.69, 9.17) is 0 Å². The van der Waals surface area contributed by atoms with Crippen LogP contribution in [0.3, 0.4) is 0 Å². The van der Waals surface area contributed by atoms with E-state index in [2.05, 4.69) is 41.7 Å². The Morgan fingerprint density at radius 1 is 1.31 bits per heavy atom. The number of Topliss-reactive ketones (excluding diaryl/α,β-unsaturated/α-hetero) is 1. The van der Waals surface area contributed by atoms with Gasteiger partial charge in [0.1, 0.15) is 5.71 Å². The van der Waals surface area contributed by atoms with Gasteiger partial charge in [-0.05, 0) is 19.4 Å². The van der Waals surface area contributed by atoms with Crippen molar-refractivity contribution >= 4 is 11.5 Å². The SMILES string of the molecule is CCC(=O)/C(C)=N/NCc1ccc(C)cc1. The third-order valence-corrected chi connectivity index (χ3v) is 2.38. The molecule has 3 nitrogen and oxygen atoms in total. The van der Waals surface area contributed by atoms with Crippen molar-refractivity contribution in [2.75, 3.05) is 0 Å². The molecule has 0 aromatic heterocycles. The van der Waals surface area contributed by atoms with E-state index in [1.54, 1.807) is 6.92 Å². The lowest BCUT2D eigenvalue weighted by Gasteiger charge is -2.03. The van der Waals surface area contributed by atoms with Gasteiger partial charge in [0.2, 0.25) is 0 Å². The number of carbonyl (C=O) groups excluding carboxylic acids is 1. The van der Waals surface area contributed by atoms with Crippen LogP contribution in [0.4, 0.5) is 0 Å². The first-order valence-corrected chi connectivity index (χ1v) is 5.49. The van der Waals surface area contributed by atoms with Crippen molar-refractivity contribution in [3.05, 3.63) is 35.4 Å². The Balaban J connectivity index is 2.46. The predicted octanol–water partition coefficient (Wildman–Crippen LogP) is 2.44. The van der Waals surface area contributed by atoms with Crippen molar-refractivity contribution in [2.45, 2.75) is 33.7 Å². The van der Waals surface area contributed by atoms with E-state index >= 15 is 0 Å². The van der Waals surface area contributed by atoms with Crippen molar-refractivity contribution in [3.63, 3.8) is 0 Å². The van der Waals surface area contributed by atoms with Gasteiger partial charge in [0.05, 0.1) is 6.54 Å². The Hall–Kier alpha value is -1.64. The number of nitrogens with zero attached hydrogens (tertiary/aromatic N) is 1. The molecule has 0 saturated carbocycles. The molecule has 16 heavy (non-hydrogen) atoms. The molecule has 1 aromatic carbocycles. The summed E-state index contributed by atoms with van der Waals surface area (Å²) in [6.07, 6.45) is 0.502. The molecule has 0 radical (unpaired) electrons. The average Bonchev–Trinajstić information content (AvgIpc) is 2.30. The first-order chi connectivity index (χ1) is 7.63. The number of aryl methyl sites for hydroxylation is 1. The van der Waals surface area contributed by atoms with Gasteiger partial charge in [0, 0.05) is 6.42 Å². The van der Waals surface area contributed by atoms with Crippen LogP contribution < -0.4 is 5.43 Å². The maximum absolute atomic E-state index is 11.2. The van der Waals surface area contributed by atoms with Crippen LogP contribution in [0.25, 0.3) is 0 Å². The molecule has 1 N–H and O–H groups in total. The molecule has 86 valence electrons. The highest BCUT2D eigenvalue weighted by atomic mass is 16.1. The lowest BCUT2D eigenvalue weighted by molar-refractivity contribution is -0.112. The van der Waals surface area contributed by atoms with Crippen LogP contribution in [0, 0.1) is 6.92 Å². The molecule has 0 unspecified atom stereocenters. The van der Waals surface area contributed by atoms with Crippen molar-refractivity contribution in [1.29, 1.82) is 0 Å². The highest BCUT2D eigenvalue weighted by molar-refractivity contribution is 6.38. The summed E-state index contributed by atoms with van der Waals surface area (Å²) >= 11 is 0. The largest absolute Gasteiger partial charge is 0.305 e. The summed E-state index contributed by atoms with van der Waals surface area (Å²) in [7, 11) is 0. The van der Waals surface area contributed by atoms with Gasteiger partial charge in [-0.1, -0.05) is 36.8 Å². The molecule has 0 aliphatic rings. The summed E-state index contributed by atoms with van der Waals surface area (Å²) in [6, 6.07) is 8.22. The number of hydrogen-bond acceptors (Lipinski definition) is 3. The number of carbonyl (C=O) groups is 1. The Bertz CT molecular complexity index is 379. The zero-order valence-corrected chi connectivity index (χ0v) is 10.1. The van der Waals surface area contributed by atoms with Gasteiger partial charge in [-0.2, -0.15) is 5.10 Å². The summed E-state index contributed by atoms with van der Waals surface area (Å²) < 4.78 is 0. The van der Waals surface area contributed by atoms with E-state index < -0.39 is 0 Å². The summed E-state index contributed by atoms with van der Waals surface area (Å²) in [4.78, 5) is 11.2. The number of hydrazone groups is 1. The Kier molecular flexibility index (Phi) is 4.70. The zero-order valence-electron chi connectivity index (χ0n) is 10.1. The van der Waals surface area contributed by atoms with Gasteiger partial charge < -0.3 is 5.43 Å². The van der Waals surface area contributed by atoms with E-state index in [0.717, 1.165) is 5.56 Å². The molecular weight excluding hydrogens is 200 g/mol. The fourth-order valence-electron chi connectivity index (χ4n) is 1.27. The average molecular weight is 218 g/mol. The molecule has 0 heterocycles. The molecular formula is C13H18N2O. The van der Waals surface area contributed by atoms with E-state index in [0.29, 0.717) is 18.7 Å². The predicted molar refractivity (Wildman–Crippen MR) is 66.4 cm³/mol. The van der Waals surface area contributed by atoms with E-state index in [9.17, 15) is 4.79 Å². The summed E-state index contributed by atoms with van der Waals surface area (Å²) in [5.74, 6) is 0.0800. The molecule has 0 amide bonds. The number of rotatable bonds is 5. The molecule has 0 bridgehead atoms. The third-order valence-electron chi connectivity index (χ3n) is 2.38. The van der Waals surface area contributed by atoms with Crippen LogP contribution in [0.1, 0.15) is 31.4 Å². The second-order valence-corrected chi connectivity index (χ2v) is 3.79. The first kappa shape index (κ1) is 12.4. The molecule has 0 spiro atoms. The molecule has 0 aliphatic carbocycles. The molecule has 3 heteroatoms. The summed E-state index contributed by atoms with van der Waals surface area (Å²) in [5.41, 5.74) is 5.84. The van der Waals surface area contributed by atoms with Crippen LogP contribution in [-0.2, 0) is 11.3 Å². The Morgan fingerprint density at radius 2 is 1.94 bits per heavy atom. The van der Waals surface area contributed by atoms with Crippen molar-refractivity contribution in [2.24, 2.45) is 5.10 Å². The van der Waals surface area contributed by atoms with Gasteiger partial charge in [0.15, 0.2) is 5.78 Å². The number of benzene rings is 1. The van der Waals surface area contributed by atoms with Crippen LogP contribution in [0.15, 0.2) is 29.4 Å². The van der Waals surface area contributed by atoms with Gasteiger partial charge in [-0.3, -0.25) is 4.79 Å². The lowest BCUT2D eigenvalue weighted by Crippen LogP contribution is -2.14. The van der Waals surface area contributed by atoms with Crippen LogP contribution in [0.2, 0.25) is 0 Å². The minimum Gasteiger partial charge on any atom is -0.305 e. The highest BCUT2D eigenvalue weighted by Crippen LogP contribution is 2.02. The van der Waals surface area contributed by atoms with E-state index in [-0.39, 0.29) is 5.78 Å². The highest BCUT2D eigenvalue weighted by Gasteiger charge is 2.01. The summed E-state index contributed by atoms with van der Waals surface area (Å²) in [6.45, 7) is 6.27. The van der Waals surface area contributed by atoms with Gasteiger partial charge in [0.25, 0.3) is 0 Å². The standard InChI is InChI=1S/C13H18N2O/c1-4-13(16)11(3)15-14-9-12-7-5-10(2)6-8-12/h5-8,14H,4,9H2,1-3H3/b15-11+. The maximum Gasteiger partial charge on any atom is 0.178 e. The van der Waals surface area contributed by atoms with Crippen molar-refractivity contribution in [1.82, 2.24) is 5.43 Å². The van der Waals surface area contributed by atoms with E-state index in [1.165, 1.54) is 5.56 Å². The smallest absolute Gasteiger partial charge is 0.178 e. The molecule has 0 saturated heterocycles. The molecule has 0 fully saturated rings. The second kappa shape index (κ2) is 6.05. The first-order valence-electron chi connectivity index (χ1n) is 5.49. The third kappa shape index (κ3) is 3.85. The van der Waals surface area contributed by atoms with Crippen molar-refractivity contribution in [3.8, 4) is 0 Å². The molecule has 1 rings (SSSR count).